The van der Waals surface area contributed by atoms with Gasteiger partial charge in [-0.1, -0.05) is 11.6 Å². The number of hydrogen-bond donors (Lipinski definition) is 3. The second-order valence-electron chi connectivity index (χ2n) is 8.54. The first-order valence-corrected chi connectivity index (χ1v) is 10.2. The molecule has 1 unspecified atom stereocenters. The number of anilines is 1. The number of nitrogens with two attached hydrogens (primary N) is 1. The molecule has 1 aromatic carbocycles. The third kappa shape index (κ3) is 5.12. The molecule has 3 rings (SSSR count). The fourth-order valence-corrected chi connectivity index (χ4v) is 3.44. The van der Waals surface area contributed by atoms with Crippen molar-refractivity contribution < 1.29 is 19.4 Å². The van der Waals surface area contributed by atoms with Gasteiger partial charge in [-0.15, -0.1) is 0 Å². The Hall–Kier alpha value is -2.58. The number of ether oxygens (including phenoxy) is 1. The highest BCUT2D eigenvalue weighted by atomic mass is 35.5. The van der Waals surface area contributed by atoms with E-state index in [1.54, 1.807) is 31.4 Å². The van der Waals surface area contributed by atoms with Crippen LogP contribution >= 0.6 is 11.6 Å². The van der Waals surface area contributed by atoms with Gasteiger partial charge < -0.3 is 25.5 Å². The molecule has 0 bridgehead atoms. The highest BCUT2D eigenvalue weighted by Crippen LogP contribution is 2.38. The van der Waals surface area contributed by atoms with E-state index in [9.17, 15) is 19.5 Å². The molecular formula is C21H26ClN3O5. The van der Waals surface area contributed by atoms with Gasteiger partial charge in [-0.3, -0.25) is 9.59 Å². The van der Waals surface area contributed by atoms with Crippen LogP contribution in [0.15, 0.2) is 23.1 Å². The summed E-state index contributed by atoms with van der Waals surface area (Å²) >= 11 is 6.41. The van der Waals surface area contributed by atoms with Crippen molar-refractivity contribution >= 4 is 40.1 Å². The summed E-state index contributed by atoms with van der Waals surface area (Å²) in [7, 11) is 0. The average molecular weight is 436 g/mol. The summed E-state index contributed by atoms with van der Waals surface area (Å²) in [5.41, 5.74) is 5.65. The maximum atomic E-state index is 12.7. The van der Waals surface area contributed by atoms with Gasteiger partial charge in [-0.2, -0.15) is 0 Å². The maximum absolute atomic E-state index is 12.7. The number of rotatable bonds is 7. The summed E-state index contributed by atoms with van der Waals surface area (Å²) < 4.78 is 7.07. The van der Waals surface area contributed by atoms with Crippen LogP contribution in [0.5, 0.6) is 0 Å². The van der Waals surface area contributed by atoms with E-state index in [4.69, 9.17) is 22.1 Å². The minimum absolute atomic E-state index is 0.119. The molecule has 0 spiro atoms. The SMILES string of the molecule is CC(C)(C)OC(=O)CCC(N)Nc1cc2c(=O)c(C(=O)O)cn(C3CC3)c2cc1Cl. The third-order valence-corrected chi connectivity index (χ3v) is 5.02. The Balaban J connectivity index is 1.85. The van der Waals surface area contributed by atoms with Gasteiger partial charge in [-0.05, 0) is 52.2 Å². The normalized spacial score (nSPS) is 15.1. The van der Waals surface area contributed by atoms with Crippen molar-refractivity contribution in [3.8, 4) is 0 Å². The van der Waals surface area contributed by atoms with Crippen LogP contribution in [0.3, 0.4) is 0 Å². The van der Waals surface area contributed by atoms with Crippen LogP contribution in [0, 0.1) is 0 Å². The number of esters is 1. The van der Waals surface area contributed by atoms with E-state index in [1.165, 1.54) is 12.3 Å². The molecule has 1 fully saturated rings. The van der Waals surface area contributed by atoms with Gasteiger partial charge in [0.2, 0.25) is 5.43 Å². The van der Waals surface area contributed by atoms with E-state index in [0.29, 0.717) is 22.6 Å². The van der Waals surface area contributed by atoms with Crippen LogP contribution in [-0.2, 0) is 9.53 Å². The van der Waals surface area contributed by atoms with Crippen molar-refractivity contribution in [3.63, 3.8) is 0 Å². The summed E-state index contributed by atoms with van der Waals surface area (Å²) in [6.45, 7) is 5.37. The number of carboxylic acid groups (broad SMARTS) is 1. The Labute approximate surface area is 179 Å². The molecule has 4 N–H and O–H groups in total. The highest BCUT2D eigenvalue weighted by Gasteiger charge is 2.27. The van der Waals surface area contributed by atoms with Crippen molar-refractivity contribution in [2.75, 3.05) is 5.32 Å². The highest BCUT2D eigenvalue weighted by molar-refractivity contribution is 6.34. The molecule has 2 aromatic rings. The Bertz CT molecular complexity index is 1050. The Morgan fingerprint density at radius 3 is 2.60 bits per heavy atom. The van der Waals surface area contributed by atoms with Crippen molar-refractivity contribution in [2.45, 2.75) is 64.3 Å². The fraction of sp³-hybridized carbons (Fsp3) is 0.476. The number of aromatic carboxylic acids is 1. The maximum Gasteiger partial charge on any atom is 0.341 e. The predicted molar refractivity (Wildman–Crippen MR) is 115 cm³/mol. The molecular weight excluding hydrogens is 410 g/mol. The van der Waals surface area contributed by atoms with Crippen LogP contribution in [0.25, 0.3) is 10.9 Å². The monoisotopic (exact) mass is 435 g/mol. The predicted octanol–water partition coefficient (Wildman–Crippen LogP) is 3.51. The van der Waals surface area contributed by atoms with Crippen LogP contribution in [-0.4, -0.2) is 33.4 Å². The van der Waals surface area contributed by atoms with Gasteiger partial charge in [0, 0.05) is 24.0 Å². The average Bonchev–Trinajstić information content (AvgIpc) is 3.45. The molecule has 0 aliphatic heterocycles. The molecule has 9 heteroatoms. The molecule has 0 radical (unpaired) electrons. The van der Waals surface area contributed by atoms with E-state index < -0.39 is 23.2 Å². The number of pyridine rings is 1. The fourth-order valence-electron chi connectivity index (χ4n) is 3.23. The topological polar surface area (TPSA) is 124 Å². The number of fused-ring (bicyclic) bond motifs is 1. The first kappa shape index (κ1) is 22.1. The van der Waals surface area contributed by atoms with Gasteiger partial charge in [0.25, 0.3) is 0 Å². The Kier molecular flexibility index (Phi) is 6.10. The number of carbonyl (C=O) groups is 2. The molecule has 8 nitrogen and oxygen atoms in total. The summed E-state index contributed by atoms with van der Waals surface area (Å²) in [5.74, 6) is -1.63. The number of halogens is 1. The van der Waals surface area contributed by atoms with Gasteiger partial charge in [-0.25, -0.2) is 4.79 Å². The molecule has 1 aromatic heterocycles. The van der Waals surface area contributed by atoms with Crippen LogP contribution in [0.4, 0.5) is 5.69 Å². The van der Waals surface area contributed by atoms with Crippen LogP contribution < -0.4 is 16.5 Å². The van der Waals surface area contributed by atoms with Gasteiger partial charge in [0.15, 0.2) is 0 Å². The number of nitrogens with zero attached hydrogens (tertiary/aromatic N) is 1. The molecule has 0 saturated heterocycles. The lowest BCUT2D eigenvalue weighted by atomic mass is 10.1. The minimum atomic E-state index is -1.27. The van der Waals surface area contributed by atoms with Crippen LogP contribution in [0.2, 0.25) is 5.02 Å². The second kappa shape index (κ2) is 8.28. The van der Waals surface area contributed by atoms with Crippen molar-refractivity contribution in [2.24, 2.45) is 5.73 Å². The van der Waals surface area contributed by atoms with E-state index >= 15 is 0 Å². The third-order valence-electron chi connectivity index (χ3n) is 4.71. The molecule has 1 aliphatic rings. The van der Waals surface area contributed by atoms with Gasteiger partial charge in [0.1, 0.15) is 11.2 Å². The number of benzene rings is 1. The smallest absolute Gasteiger partial charge is 0.341 e. The number of hydrogen-bond acceptors (Lipinski definition) is 6. The summed E-state index contributed by atoms with van der Waals surface area (Å²) in [5, 5.41) is 13.0. The van der Waals surface area contributed by atoms with E-state index in [2.05, 4.69) is 5.32 Å². The molecule has 1 saturated carbocycles. The van der Waals surface area contributed by atoms with E-state index in [0.717, 1.165) is 12.8 Å². The zero-order valence-corrected chi connectivity index (χ0v) is 18.0. The number of aromatic nitrogens is 1. The number of carbonyl (C=O) groups excluding carboxylic acids is 1. The first-order valence-electron chi connectivity index (χ1n) is 9.82. The Morgan fingerprint density at radius 1 is 1.37 bits per heavy atom. The number of nitrogens with one attached hydrogen (secondary N) is 1. The molecule has 1 atom stereocenters. The standard InChI is InChI=1S/C21H26ClN3O5/c1-21(2,3)30-18(26)7-6-17(23)24-15-8-12-16(9-14(15)22)25(11-4-5-11)10-13(19(12)27)20(28)29/h8-11,17,24H,4-7,23H2,1-3H3,(H,28,29). The Morgan fingerprint density at radius 2 is 2.03 bits per heavy atom. The summed E-state index contributed by atoms with van der Waals surface area (Å²) in [6, 6.07) is 3.33. The lowest BCUT2D eigenvalue weighted by molar-refractivity contribution is -0.154. The zero-order valence-electron chi connectivity index (χ0n) is 17.2. The summed E-state index contributed by atoms with van der Waals surface area (Å²) in [4.78, 5) is 36.1. The lowest BCUT2D eigenvalue weighted by Gasteiger charge is -2.21. The molecule has 162 valence electrons. The molecule has 1 aliphatic carbocycles. The van der Waals surface area contributed by atoms with Gasteiger partial charge in [0.05, 0.1) is 22.4 Å². The van der Waals surface area contributed by atoms with Crippen molar-refractivity contribution in [3.05, 3.63) is 39.1 Å². The quantitative estimate of drug-likeness (QED) is 0.449. The van der Waals surface area contributed by atoms with Crippen molar-refractivity contribution in [1.82, 2.24) is 4.57 Å². The second-order valence-corrected chi connectivity index (χ2v) is 8.95. The zero-order chi connectivity index (χ0) is 22.2. The van der Waals surface area contributed by atoms with E-state index in [1.807, 2.05) is 0 Å². The first-order chi connectivity index (χ1) is 14.0. The van der Waals surface area contributed by atoms with Crippen LogP contribution in [0.1, 0.15) is 62.9 Å². The minimum Gasteiger partial charge on any atom is -0.477 e. The van der Waals surface area contributed by atoms with Crippen molar-refractivity contribution in [1.29, 1.82) is 0 Å². The van der Waals surface area contributed by atoms with E-state index in [-0.39, 0.29) is 29.4 Å². The van der Waals surface area contributed by atoms with Gasteiger partial charge >= 0.3 is 11.9 Å². The molecule has 1 heterocycles. The number of carboxylic acids is 1. The molecule has 0 amide bonds. The summed E-state index contributed by atoms with van der Waals surface area (Å²) in [6.07, 6.45) is 3.04. The largest absolute Gasteiger partial charge is 0.477 e. The lowest BCUT2D eigenvalue weighted by Crippen LogP contribution is -2.32. The molecule has 30 heavy (non-hydrogen) atoms.